The van der Waals surface area contributed by atoms with Crippen molar-refractivity contribution in [3.8, 4) is 11.5 Å². The van der Waals surface area contributed by atoms with Gasteiger partial charge in [0, 0.05) is 17.8 Å². The topological polar surface area (TPSA) is 84.9 Å². The van der Waals surface area contributed by atoms with Gasteiger partial charge in [0.25, 0.3) is 0 Å². The average Bonchev–Trinajstić information content (AvgIpc) is 2.63. The summed E-state index contributed by atoms with van der Waals surface area (Å²) in [7, 11) is -3.96. The fraction of sp³-hybridized carbons (Fsp3) is 0.278. The van der Waals surface area contributed by atoms with E-state index in [4.69, 9.17) is 9.47 Å². The molecule has 0 unspecified atom stereocenters. The van der Waals surface area contributed by atoms with Gasteiger partial charge in [-0.25, -0.2) is 17.2 Å². The fourth-order valence-corrected chi connectivity index (χ4v) is 3.97. The van der Waals surface area contributed by atoms with E-state index in [-0.39, 0.29) is 5.69 Å². The normalized spacial score (nSPS) is 14.3. The number of anilines is 2. The van der Waals surface area contributed by atoms with Crippen LogP contribution in [0.3, 0.4) is 0 Å². The van der Waals surface area contributed by atoms with Crippen LogP contribution >= 0.6 is 0 Å². The summed E-state index contributed by atoms with van der Waals surface area (Å²) >= 11 is 0. The molecule has 0 saturated heterocycles. The highest BCUT2D eigenvalue weighted by Crippen LogP contribution is 2.33. The number of benzene rings is 2. The summed E-state index contributed by atoms with van der Waals surface area (Å²) < 4.78 is 62.8. The van der Waals surface area contributed by atoms with E-state index < -0.39 is 33.6 Å². The van der Waals surface area contributed by atoms with Crippen LogP contribution in [0.25, 0.3) is 0 Å². The molecule has 0 spiro atoms. The number of hydrogen-bond donors (Lipinski definition) is 1. The molecule has 1 heterocycles. The van der Waals surface area contributed by atoms with E-state index in [1.54, 1.807) is 18.2 Å². The first kappa shape index (κ1) is 19.9. The number of carbonyl (C=O) groups excluding carboxylic acids is 1. The van der Waals surface area contributed by atoms with Crippen molar-refractivity contribution in [1.29, 1.82) is 0 Å². The van der Waals surface area contributed by atoms with Crippen LogP contribution in [0.1, 0.15) is 6.92 Å². The van der Waals surface area contributed by atoms with Crippen LogP contribution in [0.4, 0.5) is 20.2 Å². The second kappa shape index (κ2) is 7.63. The van der Waals surface area contributed by atoms with Crippen molar-refractivity contribution in [2.75, 3.05) is 29.1 Å². The minimum Gasteiger partial charge on any atom is -0.486 e. The van der Waals surface area contributed by atoms with Gasteiger partial charge in [0.1, 0.15) is 19.3 Å². The molecule has 0 aromatic heterocycles. The maximum absolute atomic E-state index is 13.6. The molecule has 3 rings (SSSR count). The van der Waals surface area contributed by atoms with Crippen LogP contribution in [0.15, 0.2) is 36.4 Å². The predicted octanol–water partition coefficient (Wildman–Crippen LogP) is 2.53. The molecule has 0 fully saturated rings. The van der Waals surface area contributed by atoms with Crippen LogP contribution in [-0.4, -0.2) is 39.8 Å². The predicted molar refractivity (Wildman–Crippen MR) is 99.2 cm³/mol. The van der Waals surface area contributed by atoms with E-state index in [1.807, 2.05) is 0 Å². The van der Waals surface area contributed by atoms with Gasteiger partial charge >= 0.3 is 0 Å². The zero-order valence-electron chi connectivity index (χ0n) is 15.1. The van der Waals surface area contributed by atoms with Crippen LogP contribution in [0.5, 0.6) is 11.5 Å². The van der Waals surface area contributed by atoms with Gasteiger partial charge in [-0.2, -0.15) is 0 Å². The van der Waals surface area contributed by atoms with Crippen molar-refractivity contribution < 1.29 is 31.5 Å². The lowest BCUT2D eigenvalue weighted by Crippen LogP contribution is -2.45. The maximum Gasteiger partial charge on any atom is 0.247 e. The summed E-state index contributed by atoms with van der Waals surface area (Å²) in [5, 5.41) is 2.59. The zero-order chi connectivity index (χ0) is 20.5. The van der Waals surface area contributed by atoms with Gasteiger partial charge in [0.15, 0.2) is 23.1 Å². The van der Waals surface area contributed by atoms with E-state index in [9.17, 15) is 22.0 Å². The lowest BCUT2D eigenvalue weighted by atomic mass is 10.2. The summed E-state index contributed by atoms with van der Waals surface area (Å²) in [5.41, 5.74) is 0.214. The zero-order valence-corrected chi connectivity index (χ0v) is 15.9. The first-order chi connectivity index (χ1) is 13.2. The molecule has 2 aromatic carbocycles. The molecule has 1 atom stereocenters. The van der Waals surface area contributed by atoms with Crippen LogP contribution in [0, 0.1) is 11.6 Å². The van der Waals surface area contributed by atoms with Crippen LogP contribution in [-0.2, 0) is 14.8 Å². The molecular weight excluding hydrogens is 394 g/mol. The number of nitrogens with one attached hydrogen (secondary N) is 1. The Hall–Kier alpha value is -2.88. The van der Waals surface area contributed by atoms with Gasteiger partial charge in [-0.15, -0.1) is 0 Å². The number of rotatable bonds is 5. The fourth-order valence-electron chi connectivity index (χ4n) is 2.80. The van der Waals surface area contributed by atoms with E-state index in [2.05, 4.69) is 5.32 Å². The Morgan fingerprint density at radius 1 is 1.07 bits per heavy atom. The molecule has 1 amide bonds. The van der Waals surface area contributed by atoms with E-state index in [0.717, 1.165) is 28.8 Å². The maximum atomic E-state index is 13.6. The largest absolute Gasteiger partial charge is 0.486 e. The second-order valence-electron chi connectivity index (χ2n) is 6.18. The highest BCUT2D eigenvalue weighted by Gasteiger charge is 2.30. The Morgan fingerprint density at radius 3 is 2.39 bits per heavy atom. The Kier molecular flexibility index (Phi) is 5.41. The highest BCUT2D eigenvalue weighted by atomic mass is 32.2. The Labute approximate surface area is 160 Å². The van der Waals surface area contributed by atoms with Crippen LogP contribution < -0.4 is 19.1 Å². The molecule has 0 aliphatic carbocycles. The number of carbonyl (C=O) groups is 1. The monoisotopic (exact) mass is 412 g/mol. The molecule has 0 saturated carbocycles. The SMILES string of the molecule is C[C@@H](C(=O)Nc1ccc2c(c1)OCCO2)N(c1ccc(F)c(F)c1)S(C)(=O)=O. The van der Waals surface area contributed by atoms with Crippen molar-refractivity contribution in [3.63, 3.8) is 0 Å². The number of nitrogens with zero attached hydrogens (tertiary/aromatic N) is 1. The van der Waals surface area contributed by atoms with Gasteiger partial charge in [-0.05, 0) is 31.2 Å². The molecule has 2 aromatic rings. The van der Waals surface area contributed by atoms with Crippen molar-refractivity contribution in [1.82, 2.24) is 0 Å². The third-order valence-corrected chi connectivity index (χ3v) is 5.30. The summed E-state index contributed by atoms with van der Waals surface area (Å²) in [6, 6.07) is 6.15. The summed E-state index contributed by atoms with van der Waals surface area (Å²) in [4.78, 5) is 12.6. The molecule has 1 aliphatic heterocycles. The van der Waals surface area contributed by atoms with Gasteiger partial charge in [0.2, 0.25) is 15.9 Å². The van der Waals surface area contributed by atoms with E-state index in [1.165, 1.54) is 6.92 Å². The van der Waals surface area contributed by atoms with E-state index in [0.29, 0.717) is 30.4 Å². The van der Waals surface area contributed by atoms with E-state index >= 15 is 0 Å². The molecule has 1 aliphatic rings. The molecule has 0 bridgehead atoms. The number of fused-ring (bicyclic) bond motifs is 1. The second-order valence-corrected chi connectivity index (χ2v) is 8.04. The number of halogens is 2. The van der Waals surface area contributed by atoms with Gasteiger partial charge in [-0.3, -0.25) is 9.10 Å². The summed E-state index contributed by atoms with van der Waals surface area (Å²) in [6.45, 7) is 2.14. The first-order valence-electron chi connectivity index (χ1n) is 8.32. The molecular formula is C18H18F2N2O5S. The van der Waals surface area contributed by atoms with Crippen molar-refractivity contribution in [3.05, 3.63) is 48.0 Å². The Balaban J connectivity index is 1.85. The first-order valence-corrected chi connectivity index (χ1v) is 10.2. The number of ether oxygens (including phenoxy) is 2. The van der Waals surface area contributed by atoms with Crippen LogP contribution in [0.2, 0.25) is 0 Å². The summed E-state index contributed by atoms with van der Waals surface area (Å²) in [6.07, 6.45) is 0.877. The van der Waals surface area contributed by atoms with Crippen molar-refractivity contribution >= 4 is 27.3 Å². The van der Waals surface area contributed by atoms with Crippen molar-refractivity contribution in [2.24, 2.45) is 0 Å². The lowest BCUT2D eigenvalue weighted by Gasteiger charge is -2.28. The highest BCUT2D eigenvalue weighted by molar-refractivity contribution is 7.92. The molecule has 10 heteroatoms. The standard InChI is InChI=1S/C18H18F2N2O5S/c1-11(22(28(2,24)25)13-4-5-14(19)15(20)10-13)18(23)21-12-3-6-16-17(9-12)27-8-7-26-16/h3-6,9-11H,7-8H2,1-2H3,(H,21,23)/t11-/m0/s1. The molecule has 28 heavy (non-hydrogen) atoms. The quantitative estimate of drug-likeness (QED) is 0.816. The molecule has 0 radical (unpaired) electrons. The number of hydrogen-bond acceptors (Lipinski definition) is 5. The Morgan fingerprint density at radius 2 is 1.75 bits per heavy atom. The van der Waals surface area contributed by atoms with Crippen molar-refractivity contribution in [2.45, 2.75) is 13.0 Å². The minimum absolute atomic E-state index is 0.161. The third-order valence-electron chi connectivity index (χ3n) is 4.06. The van der Waals surface area contributed by atoms with Gasteiger partial charge < -0.3 is 14.8 Å². The van der Waals surface area contributed by atoms with Gasteiger partial charge in [-0.1, -0.05) is 0 Å². The number of amides is 1. The smallest absolute Gasteiger partial charge is 0.247 e. The molecule has 1 N–H and O–H groups in total. The average molecular weight is 412 g/mol. The lowest BCUT2D eigenvalue weighted by molar-refractivity contribution is -0.116. The Bertz CT molecular complexity index is 1010. The minimum atomic E-state index is -3.96. The summed E-state index contributed by atoms with van der Waals surface area (Å²) in [5.74, 6) is -2.00. The number of sulfonamides is 1. The van der Waals surface area contributed by atoms with Gasteiger partial charge in [0.05, 0.1) is 11.9 Å². The third kappa shape index (κ3) is 4.16. The molecule has 7 nitrogen and oxygen atoms in total. The molecule has 150 valence electrons.